The van der Waals surface area contributed by atoms with Gasteiger partial charge in [0.15, 0.2) is 0 Å². The topological polar surface area (TPSA) is 29.9 Å². The van der Waals surface area contributed by atoms with Gasteiger partial charge >= 0.3 is 0 Å². The van der Waals surface area contributed by atoms with Crippen molar-refractivity contribution in [2.45, 2.75) is 56.1 Å². The van der Waals surface area contributed by atoms with E-state index >= 15 is 0 Å². The Hall–Kier alpha value is -1.26. The van der Waals surface area contributed by atoms with Crippen LogP contribution >= 0.6 is 11.8 Å². The predicted molar refractivity (Wildman–Crippen MR) is 87.8 cm³/mol. The van der Waals surface area contributed by atoms with E-state index in [0.29, 0.717) is 0 Å². The number of rotatable bonds is 5. The van der Waals surface area contributed by atoms with Gasteiger partial charge in [-0.1, -0.05) is 17.8 Å². The summed E-state index contributed by atoms with van der Waals surface area (Å²) in [7, 11) is 2.04. The molecule has 0 aliphatic heterocycles. The van der Waals surface area contributed by atoms with Gasteiger partial charge in [0.1, 0.15) is 5.03 Å². The molecule has 0 radical (unpaired) electrons. The van der Waals surface area contributed by atoms with Crippen LogP contribution in [-0.2, 0) is 13.6 Å². The Morgan fingerprint density at radius 1 is 1.24 bits per heavy atom. The van der Waals surface area contributed by atoms with E-state index in [0.717, 1.165) is 18.3 Å². The molecule has 0 amide bonds. The van der Waals surface area contributed by atoms with E-state index in [4.69, 9.17) is 0 Å². The van der Waals surface area contributed by atoms with Crippen molar-refractivity contribution in [1.82, 2.24) is 15.1 Å². The SMILES string of the molecule is Cc1ccc(Sc2c(CNC3CC3)c(C)nn2C)cc1C. The summed E-state index contributed by atoms with van der Waals surface area (Å²) in [5.74, 6) is 0. The van der Waals surface area contributed by atoms with Gasteiger partial charge in [0, 0.05) is 30.1 Å². The van der Waals surface area contributed by atoms with Gasteiger partial charge in [-0.3, -0.25) is 4.68 Å². The molecule has 21 heavy (non-hydrogen) atoms. The van der Waals surface area contributed by atoms with Crippen LogP contribution in [0.1, 0.15) is 35.2 Å². The van der Waals surface area contributed by atoms with Crippen LogP contribution in [0.25, 0.3) is 0 Å². The summed E-state index contributed by atoms with van der Waals surface area (Å²) in [4.78, 5) is 1.29. The molecule has 1 N–H and O–H groups in total. The average molecular weight is 301 g/mol. The second kappa shape index (κ2) is 5.85. The number of nitrogens with zero attached hydrogens (tertiary/aromatic N) is 2. The second-order valence-electron chi connectivity index (χ2n) is 6.00. The van der Waals surface area contributed by atoms with Crippen molar-refractivity contribution in [1.29, 1.82) is 0 Å². The molecule has 1 saturated carbocycles. The fourth-order valence-corrected chi connectivity index (χ4v) is 3.55. The van der Waals surface area contributed by atoms with Gasteiger partial charge in [0.05, 0.1) is 5.69 Å². The molecule has 0 saturated heterocycles. The fraction of sp³-hybridized carbons (Fsp3) is 0.471. The molecule has 3 nitrogen and oxygen atoms in total. The first-order chi connectivity index (χ1) is 10.0. The van der Waals surface area contributed by atoms with Crippen molar-refractivity contribution in [2.24, 2.45) is 7.05 Å². The highest BCUT2D eigenvalue weighted by Crippen LogP contribution is 2.33. The van der Waals surface area contributed by atoms with Gasteiger partial charge in [0.2, 0.25) is 0 Å². The number of aromatic nitrogens is 2. The number of aryl methyl sites for hydroxylation is 4. The van der Waals surface area contributed by atoms with Crippen molar-refractivity contribution in [3.05, 3.63) is 40.6 Å². The standard InChI is InChI=1S/C17H23N3S/c1-11-5-8-15(9-12(11)2)21-17-16(10-18-14-6-7-14)13(3)19-20(17)4/h5,8-9,14,18H,6-7,10H2,1-4H3. The third-order valence-corrected chi connectivity index (χ3v) is 5.32. The lowest BCUT2D eigenvalue weighted by atomic mass is 10.1. The predicted octanol–water partition coefficient (Wildman–Crippen LogP) is 3.75. The highest BCUT2D eigenvalue weighted by atomic mass is 32.2. The Balaban J connectivity index is 1.84. The lowest BCUT2D eigenvalue weighted by Crippen LogP contribution is -2.16. The lowest BCUT2D eigenvalue weighted by molar-refractivity contribution is 0.658. The van der Waals surface area contributed by atoms with Crippen LogP contribution < -0.4 is 5.32 Å². The minimum Gasteiger partial charge on any atom is -0.310 e. The average Bonchev–Trinajstić information content (AvgIpc) is 3.21. The summed E-state index contributed by atoms with van der Waals surface area (Å²) in [6.45, 7) is 7.36. The van der Waals surface area contributed by atoms with Crippen molar-refractivity contribution in [2.75, 3.05) is 0 Å². The molecule has 2 aromatic rings. The molecule has 1 aromatic carbocycles. The molecular formula is C17H23N3S. The molecule has 1 heterocycles. The molecule has 112 valence electrons. The van der Waals surface area contributed by atoms with Crippen molar-refractivity contribution < 1.29 is 0 Å². The normalized spacial score (nSPS) is 14.7. The zero-order chi connectivity index (χ0) is 15.0. The van der Waals surface area contributed by atoms with E-state index in [1.807, 2.05) is 23.5 Å². The highest BCUT2D eigenvalue weighted by molar-refractivity contribution is 7.99. The fourth-order valence-electron chi connectivity index (χ4n) is 2.43. The van der Waals surface area contributed by atoms with E-state index < -0.39 is 0 Å². The Kier molecular flexibility index (Phi) is 4.09. The monoisotopic (exact) mass is 301 g/mol. The maximum atomic E-state index is 4.60. The van der Waals surface area contributed by atoms with Crippen LogP contribution in [0.4, 0.5) is 0 Å². The van der Waals surface area contributed by atoms with E-state index in [-0.39, 0.29) is 0 Å². The van der Waals surface area contributed by atoms with Crippen LogP contribution in [0.15, 0.2) is 28.1 Å². The van der Waals surface area contributed by atoms with Crippen LogP contribution in [0.3, 0.4) is 0 Å². The number of hydrogen-bond donors (Lipinski definition) is 1. The smallest absolute Gasteiger partial charge is 0.103 e. The summed E-state index contributed by atoms with van der Waals surface area (Å²) < 4.78 is 2.01. The maximum absolute atomic E-state index is 4.60. The first-order valence-corrected chi connectivity index (χ1v) is 8.37. The molecule has 1 aromatic heterocycles. The zero-order valence-corrected chi connectivity index (χ0v) is 14.0. The van der Waals surface area contributed by atoms with Gasteiger partial charge < -0.3 is 5.32 Å². The minimum atomic E-state index is 0.726. The second-order valence-corrected chi connectivity index (χ2v) is 7.06. The summed E-state index contributed by atoms with van der Waals surface area (Å²) in [5.41, 5.74) is 5.16. The molecule has 1 aliphatic carbocycles. The van der Waals surface area contributed by atoms with Crippen molar-refractivity contribution >= 4 is 11.8 Å². The first-order valence-electron chi connectivity index (χ1n) is 7.55. The Bertz CT molecular complexity index is 656. The molecule has 1 aliphatic rings. The van der Waals surface area contributed by atoms with Gasteiger partial charge in [-0.15, -0.1) is 0 Å². The van der Waals surface area contributed by atoms with Gasteiger partial charge in [-0.05, 0) is 56.9 Å². The molecule has 0 spiro atoms. The van der Waals surface area contributed by atoms with Crippen molar-refractivity contribution in [3.8, 4) is 0 Å². The number of benzene rings is 1. The summed E-state index contributed by atoms with van der Waals surface area (Å²) in [5, 5.41) is 9.46. The molecule has 3 rings (SSSR count). The molecule has 0 unspecified atom stereocenters. The van der Waals surface area contributed by atoms with E-state index in [2.05, 4.69) is 49.4 Å². The van der Waals surface area contributed by atoms with Crippen LogP contribution in [-0.4, -0.2) is 15.8 Å². The highest BCUT2D eigenvalue weighted by Gasteiger charge is 2.22. The summed E-state index contributed by atoms with van der Waals surface area (Å²) in [6, 6.07) is 7.39. The van der Waals surface area contributed by atoms with Gasteiger partial charge in [-0.25, -0.2) is 0 Å². The molecule has 4 heteroatoms. The van der Waals surface area contributed by atoms with E-state index in [1.165, 1.54) is 39.5 Å². The first kappa shape index (κ1) is 14.7. The van der Waals surface area contributed by atoms with Gasteiger partial charge in [0.25, 0.3) is 0 Å². The summed E-state index contributed by atoms with van der Waals surface area (Å²) >= 11 is 1.82. The van der Waals surface area contributed by atoms with Crippen molar-refractivity contribution in [3.63, 3.8) is 0 Å². The van der Waals surface area contributed by atoms with E-state index in [1.54, 1.807) is 0 Å². The largest absolute Gasteiger partial charge is 0.310 e. The van der Waals surface area contributed by atoms with Crippen LogP contribution in [0, 0.1) is 20.8 Å². The Morgan fingerprint density at radius 3 is 2.67 bits per heavy atom. The third kappa shape index (κ3) is 3.33. The Labute approximate surface area is 131 Å². The molecular weight excluding hydrogens is 278 g/mol. The van der Waals surface area contributed by atoms with Crippen LogP contribution in [0.2, 0.25) is 0 Å². The molecule has 0 bridgehead atoms. The lowest BCUT2D eigenvalue weighted by Gasteiger charge is -2.09. The molecule has 1 fully saturated rings. The molecule has 0 atom stereocenters. The number of hydrogen-bond acceptors (Lipinski definition) is 3. The Morgan fingerprint density at radius 2 is 2.00 bits per heavy atom. The maximum Gasteiger partial charge on any atom is 0.103 e. The number of nitrogens with one attached hydrogen (secondary N) is 1. The zero-order valence-electron chi connectivity index (χ0n) is 13.2. The third-order valence-electron chi connectivity index (χ3n) is 4.13. The van der Waals surface area contributed by atoms with Crippen LogP contribution in [0.5, 0.6) is 0 Å². The minimum absolute atomic E-state index is 0.726. The summed E-state index contributed by atoms with van der Waals surface area (Å²) in [6.07, 6.45) is 2.64. The van der Waals surface area contributed by atoms with E-state index in [9.17, 15) is 0 Å². The van der Waals surface area contributed by atoms with Gasteiger partial charge in [-0.2, -0.15) is 5.10 Å². The quantitative estimate of drug-likeness (QED) is 0.912.